The minimum absolute atomic E-state index is 0.235. The van der Waals surface area contributed by atoms with Crippen molar-refractivity contribution in [1.29, 1.82) is 0 Å². The molecule has 0 unspecified atom stereocenters. The molecule has 0 atom stereocenters. The van der Waals surface area contributed by atoms with E-state index in [1.807, 2.05) is 0 Å². The average Bonchev–Trinajstić information content (AvgIpc) is 3.02. The van der Waals surface area contributed by atoms with Crippen molar-refractivity contribution in [3.05, 3.63) is 27.2 Å². The number of thiol groups is 1. The molecule has 0 N–H and O–H groups in total. The van der Waals surface area contributed by atoms with Crippen molar-refractivity contribution in [2.75, 3.05) is 12.4 Å². The maximum absolute atomic E-state index is 6.01. The van der Waals surface area contributed by atoms with Gasteiger partial charge in [-0.3, -0.25) is 0 Å². The van der Waals surface area contributed by atoms with Crippen molar-refractivity contribution < 1.29 is 4.74 Å². The molecule has 0 heterocycles. The predicted octanol–water partition coefficient (Wildman–Crippen LogP) is 4.74. The highest BCUT2D eigenvalue weighted by Gasteiger charge is 2.42. The Morgan fingerprint density at radius 3 is 2.31 bits per heavy atom. The van der Waals surface area contributed by atoms with Crippen LogP contribution in [0, 0.1) is 5.41 Å². The summed E-state index contributed by atoms with van der Waals surface area (Å²) < 4.78 is 5.67. The molecule has 0 saturated heterocycles. The summed E-state index contributed by atoms with van der Waals surface area (Å²) in [5, 5.41) is 1.38. The van der Waals surface area contributed by atoms with Gasteiger partial charge in [-0.1, -0.05) is 34.8 Å². The zero-order valence-electron chi connectivity index (χ0n) is 8.47. The van der Waals surface area contributed by atoms with Crippen molar-refractivity contribution in [2.24, 2.45) is 5.41 Å². The van der Waals surface area contributed by atoms with E-state index in [0.29, 0.717) is 27.4 Å². The number of rotatable bonds is 4. The van der Waals surface area contributed by atoms with Crippen LogP contribution in [0.15, 0.2) is 12.1 Å². The average molecular weight is 298 g/mol. The molecule has 1 nitrogen and oxygen atoms in total. The number of hydrogen-bond acceptors (Lipinski definition) is 2. The summed E-state index contributed by atoms with van der Waals surface area (Å²) in [5.41, 5.74) is 0.235. The molecular weight excluding hydrogens is 287 g/mol. The lowest BCUT2D eigenvalue weighted by molar-refractivity contribution is 0.251. The molecule has 0 aliphatic heterocycles. The summed E-state index contributed by atoms with van der Waals surface area (Å²) in [6, 6.07) is 3.25. The monoisotopic (exact) mass is 296 g/mol. The molecule has 0 aromatic heterocycles. The van der Waals surface area contributed by atoms with Crippen LogP contribution in [0.3, 0.4) is 0 Å². The number of ether oxygens (including phenoxy) is 1. The smallest absolute Gasteiger partial charge is 0.139 e. The highest BCUT2D eigenvalue weighted by Crippen LogP contribution is 2.47. The highest BCUT2D eigenvalue weighted by atomic mass is 35.5. The van der Waals surface area contributed by atoms with Gasteiger partial charge in [-0.25, -0.2) is 0 Å². The third-order valence-electron chi connectivity index (χ3n) is 2.80. The molecule has 88 valence electrons. The van der Waals surface area contributed by atoms with Gasteiger partial charge in [0.25, 0.3) is 0 Å². The molecular formula is C11H11Cl3OS. The summed E-state index contributed by atoms with van der Waals surface area (Å²) in [7, 11) is 0. The molecule has 2 rings (SSSR count). The third kappa shape index (κ3) is 2.73. The second kappa shape index (κ2) is 4.85. The molecule has 0 amide bonds. The first-order valence-electron chi connectivity index (χ1n) is 4.94. The fraction of sp³-hybridized carbons (Fsp3) is 0.455. The van der Waals surface area contributed by atoms with Crippen molar-refractivity contribution in [2.45, 2.75) is 12.8 Å². The van der Waals surface area contributed by atoms with E-state index < -0.39 is 0 Å². The van der Waals surface area contributed by atoms with Crippen molar-refractivity contribution in [1.82, 2.24) is 0 Å². The number of halogens is 3. The lowest BCUT2D eigenvalue weighted by Gasteiger charge is -2.14. The maximum atomic E-state index is 6.01. The normalized spacial score (nSPS) is 17.2. The summed E-state index contributed by atoms with van der Waals surface area (Å²) in [6.45, 7) is 0.633. The Labute approximate surface area is 115 Å². The highest BCUT2D eigenvalue weighted by molar-refractivity contribution is 7.80. The molecule has 1 aliphatic carbocycles. The van der Waals surface area contributed by atoms with Crippen LogP contribution in [0.1, 0.15) is 12.8 Å². The molecule has 1 fully saturated rings. The first-order valence-corrected chi connectivity index (χ1v) is 6.71. The van der Waals surface area contributed by atoms with Gasteiger partial charge in [0, 0.05) is 11.5 Å². The third-order valence-corrected chi connectivity index (χ3v) is 4.49. The molecule has 1 aliphatic rings. The van der Waals surface area contributed by atoms with E-state index in [0.717, 1.165) is 18.6 Å². The van der Waals surface area contributed by atoms with Gasteiger partial charge in [-0.05, 0) is 24.7 Å². The lowest BCUT2D eigenvalue weighted by atomic mass is 10.2. The Morgan fingerprint density at radius 1 is 1.12 bits per heavy atom. The maximum Gasteiger partial charge on any atom is 0.139 e. The molecule has 0 radical (unpaired) electrons. The Balaban J connectivity index is 2.07. The predicted molar refractivity (Wildman–Crippen MR) is 72.5 cm³/mol. The Kier molecular flexibility index (Phi) is 3.85. The Hall–Kier alpha value is 0.240. The molecule has 16 heavy (non-hydrogen) atoms. The van der Waals surface area contributed by atoms with Gasteiger partial charge in [-0.2, -0.15) is 12.6 Å². The van der Waals surface area contributed by atoms with E-state index >= 15 is 0 Å². The van der Waals surface area contributed by atoms with Crippen LogP contribution in [-0.4, -0.2) is 12.4 Å². The summed E-state index contributed by atoms with van der Waals surface area (Å²) in [6.07, 6.45) is 2.32. The summed E-state index contributed by atoms with van der Waals surface area (Å²) in [4.78, 5) is 0. The van der Waals surface area contributed by atoms with E-state index in [1.165, 1.54) is 0 Å². The number of hydrogen-bond donors (Lipinski definition) is 1. The van der Waals surface area contributed by atoms with E-state index in [9.17, 15) is 0 Å². The van der Waals surface area contributed by atoms with Crippen LogP contribution >= 0.6 is 47.4 Å². The standard InChI is InChI=1S/C11H11Cl3OS/c12-7-3-9(14)10(4-8(7)13)15-5-11(6-16)1-2-11/h3-4,16H,1-2,5-6H2. The molecule has 1 saturated carbocycles. The minimum atomic E-state index is 0.235. The molecule has 5 heteroatoms. The quantitative estimate of drug-likeness (QED) is 0.624. The van der Waals surface area contributed by atoms with Crippen LogP contribution in [0.4, 0.5) is 0 Å². The van der Waals surface area contributed by atoms with Crippen LogP contribution < -0.4 is 4.74 Å². The summed E-state index contributed by atoms with van der Waals surface area (Å²) >= 11 is 22.1. The van der Waals surface area contributed by atoms with Crippen molar-refractivity contribution in [3.63, 3.8) is 0 Å². The van der Waals surface area contributed by atoms with Crippen LogP contribution in [-0.2, 0) is 0 Å². The molecule has 0 spiro atoms. The first-order chi connectivity index (χ1) is 7.56. The minimum Gasteiger partial charge on any atom is -0.491 e. The Morgan fingerprint density at radius 2 is 1.75 bits per heavy atom. The zero-order chi connectivity index (χ0) is 11.8. The molecule has 0 bridgehead atoms. The topological polar surface area (TPSA) is 9.23 Å². The SMILES string of the molecule is SCC1(COc2cc(Cl)c(Cl)cc2Cl)CC1. The van der Waals surface area contributed by atoms with E-state index in [1.54, 1.807) is 12.1 Å². The van der Waals surface area contributed by atoms with Gasteiger partial charge in [0.2, 0.25) is 0 Å². The summed E-state index contributed by atoms with van der Waals surface area (Å²) in [5.74, 6) is 1.43. The van der Waals surface area contributed by atoms with Crippen LogP contribution in [0.25, 0.3) is 0 Å². The van der Waals surface area contributed by atoms with Crippen molar-refractivity contribution in [3.8, 4) is 5.75 Å². The Bertz CT molecular complexity index is 404. The van der Waals surface area contributed by atoms with E-state index in [4.69, 9.17) is 39.5 Å². The van der Waals surface area contributed by atoms with Gasteiger partial charge in [0.1, 0.15) is 5.75 Å². The second-order valence-electron chi connectivity index (χ2n) is 4.14. The van der Waals surface area contributed by atoms with Crippen molar-refractivity contribution >= 4 is 47.4 Å². The fourth-order valence-electron chi connectivity index (χ4n) is 1.37. The van der Waals surface area contributed by atoms with E-state index in [-0.39, 0.29) is 5.41 Å². The van der Waals surface area contributed by atoms with Gasteiger partial charge in [0.15, 0.2) is 0 Å². The van der Waals surface area contributed by atoms with Gasteiger partial charge >= 0.3 is 0 Å². The molecule has 1 aromatic rings. The zero-order valence-corrected chi connectivity index (χ0v) is 11.6. The van der Waals surface area contributed by atoms with Crippen LogP contribution in [0.5, 0.6) is 5.75 Å². The number of benzene rings is 1. The molecule has 1 aromatic carbocycles. The van der Waals surface area contributed by atoms with Gasteiger partial charge in [-0.15, -0.1) is 0 Å². The lowest BCUT2D eigenvalue weighted by Crippen LogP contribution is -2.14. The largest absolute Gasteiger partial charge is 0.491 e. The van der Waals surface area contributed by atoms with Gasteiger partial charge < -0.3 is 4.74 Å². The fourth-order valence-corrected chi connectivity index (χ4v) is 2.37. The first kappa shape index (κ1) is 12.7. The second-order valence-corrected chi connectivity index (χ2v) is 5.68. The van der Waals surface area contributed by atoms with E-state index in [2.05, 4.69) is 12.6 Å². The van der Waals surface area contributed by atoms with Gasteiger partial charge in [0.05, 0.1) is 21.7 Å². The van der Waals surface area contributed by atoms with Crippen LogP contribution in [0.2, 0.25) is 15.1 Å².